The normalized spacial score (nSPS) is 10.2. The van der Waals surface area contributed by atoms with Crippen LogP contribution < -0.4 is 0 Å². The Bertz CT molecular complexity index is 300. The molecule has 0 saturated carbocycles. The molecule has 0 aromatic heterocycles. The summed E-state index contributed by atoms with van der Waals surface area (Å²) < 4.78 is 5.57. The quantitative estimate of drug-likeness (QED) is 0.486. The van der Waals surface area contributed by atoms with Gasteiger partial charge >= 0.3 is 0 Å². The predicted molar refractivity (Wildman–Crippen MR) is 68.6 cm³/mol. The Balaban J connectivity index is 1.93. The first kappa shape index (κ1) is 13.7. The minimum Gasteiger partial charge on any atom is -0.377 e. The molecular formula is C14H21NO2. The number of hydrogen-bond donors (Lipinski definition) is 0. The Hall–Kier alpha value is -1.35. The van der Waals surface area contributed by atoms with Crippen LogP contribution in [0, 0.1) is 0 Å². The molecule has 17 heavy (non-hydrogen) atoms. The van der Waals surface area contributed by atoms with Crippen LogP contribution >= 0.6 is 0 Å². The molecule has 0 N–H and O–H groups in total. The zero-order valence-electron chi connectivity index (χ0n) is 10.5. The molecule has 0 unspecified atom stereocenters. The molecule has 0 bridgehead atoms. The van der Waals surface area contributed by atoms with Crippen LogP contribution in [0.4, 0.5) is 0 Å². The maximum Gasteiger partial charge on any atom is 0.209 e. The number of rotatable bonds is 9. The van der Waals surface area contributed by atoms with E-state index in [2.05, 4.69) is 12.1 Å². The van der Waals surface area contributed by atoms with Crippen molar-refractivity contribution in [1.82, 2.24) is 4.90 Å². The summed E-state index contributed by atoms with van der Waals surface area (Å²) in [6.07, 6.45) is 4.07. The third-order valence-electron chi connectivity index (χ3n) is 2.59. The average Bonchev–Trinajstić information content (AvgIpc) is 2.38. The van der Waals surface area contributed by atoms with Crippen LogP contribution in [0.25, 0.3) is 0 Å². The van der Waals surface area contributed by atoms with Gasteiger partial charge in [0.25, 0.3) is 0 Å². The van der Waals surface area contributed by atoms with Gasteiger partial charge < -0.3 is 9.64 Å². The van der Waals surface area contributed by atoms with E-state index < -0.39 is 0 Å². The average molecular weight is 235 g/mol. The fraction of sp³-hybridized carbons (Fsp3) is 0.500. The number of hydrogen-bond acceptors (Lipinski definition) is 2. The minimum atomic E-state index is 0.690. The second kappa shape index (κ2) is 8.76. The van der Waals surface area contributed by atoms with Crippen molar-refractivity contribution in [2.24, 2.45) is 0 Å². The highest BCUT2D eigenvalue weighted by Gasteiger charge is 1.95. The zero-order valence-corrected chi connectivity index (χ0v) is 10.5. The van der Waals surface area contributed by atoms with Gasteiger partial charge in [-0.2, -0.15) is 0 Å². The molecule has 0 saturated heterocycles. The van der Waals surface area contributed by atoms with E-state index in [-0.39, 0.29) is 0 Å². The van der Waals surface area contributed by atoms with Gasteiger partial charge in [-0.15, -0.1) is 0 Å². The van der Waals surface area contributed by atoms with Gasteiger partial charge in [0.15, 0.2) is 0 Å². The number of benzene rings is 1. The van der Waals surface area contributed by atoms with Gasteiger partial charge in [0.2, 0.25) is 6.41 Å². The summed E-state index contributed by atoms with van der Waals surface area (Å²) in [4.78, 5) is 12.0. The Kier molecular flexibility index (Phi) is 7.07. The zero-order chi connectivity index (χ0) is 12.3. The van der Waals surface area contributed by atoms with E-state index in [1.165, 1.54) is 5.56 Å². The van der Waals surface area contributed by atoms with Crippen molar-refractivity contribution in [3.63, 3.8) is 0 Å². The topological polar surface area (TPSA) is 29.5 Å². The first-order valence-corrected chi connectivity index (χ1v) is 6.10. The van der Waals surface area contributed by atoms with E-state index in [0.29, 0.717) is 6.61 Å². The maximum atomic E-state index is 10.3. The van der Waals surface area contributed by atoms with E-state index in [0.717, 1.165) is 38.8 Å². The van der Waals surface area contributed by atoms with E-state index in [9.17, 15) is 4.79 Å². The highest BCUT2D eigenvalue weighted by atomic mass is 16.5. The van der Waals surface area contributed by atoms with Gasteiger partial charge in [-0.05, 0) is 24.8 Å². The van der Waals surface area contributed by atoms with Crippen LogP contribution in [0.5, 0.6) is 0 Å². The summed E-state index contributed by atoms with van der Waals surface area (Å²) in [6.45, 7) is 2.32. The first-order chi connectivity index (χ1) is 8.33. The summed E-state index contributed by atoms with van der Waals surface area (Å²) in [7, 11) is 1.80. The number of ether oxygens (including phenoxy) is 1. The standard InChI is InChI=1S/C14H21NO2/c1-15(13-16)10-6-3-7-11-17-12-14-8-4-2-5-9-14/h2,4-5,8-9,13H,3,6-7,10-12H2,1H3. The van der Waals surface area contributed by atoms with Crippen LogP contribution in [-0.2, 0) is 16.1 Å². The Morgan fingerprint density at radius 2 is 1.94 bits per heavy atom. The Labute approximate surface area is 103 Å². The molecule has 1 aromatic rings. The van der Waals surface area contributed by atoms with Gasteiger partial charge in [-0.3, -0.25) is 4.79 Å². The van der Waals surface area contributed by atoms with Crippen LogP contribution in [0.1, 0.15) is 24.8 Å². The SMILES string of the molecule is CN(C=O)CCCCCOCc1ccccc1. The maximum absolute atomic E-state index is 10.3. The van der Waals surface area contributed by atoms with Crippen LogP contribution in [0.2, 0.25) is 0 Å². The second-order valence-electron chi connectivity index (χ2n) is 4.18. The molecule has 0 heterocycles. The fourth-order valence-electron chi connectivity index (χ4n) is 1.56. The first-order valence-electron chi connectivity index (χ1n) is 6.10. The number of carbonyl (C=O) groups excluding carboxylic acids is 1. The van der Waals surface area contributed by atoms with Gasteiger partial charge in [0, 0.05) is 20.2 Å². The lowest BCUT2D eigenvalue weighted by Gasteiger charge is -2.09. The Morgan fingerprint density at radius 3 is 2.65 bits per heavy atom. The molecule has 0 aliphatic heterocycles. The summed E-state index contributed by atoms with van der Waals surface area (Å²) >= 11 is 0. The molecule has 0 fully saturated rings. The lowest BCUT2D eigenvalue weighted by molar-refractivity contribution is -0.117. The van der Waals surface area contributed by atoms with E-state index in [4.69, 9.17) is 4.74 Å². The van der Waals surface area contributed by atoms with Gasteiger partial charge in [-0.25, -0.2) is 0 Å². The van der Waals surface area contributed by atoms with E-state index in [1.54, 1.807) is 11.9 Å². The van der Waals surface area contributed by atoms with Gasteiger partial charge in [-0.1, -0.05) is 30.3 Å². The molecule has 0 atom stereocenters. The van der Waals surface area contributed by atoms with E-state index >= 15 is 0 Å². The summed E-state index contributed by atoms with van der Waals surface area (Å²) in [5.74, 6) is 0. The molecule has 0 radical (unpaired) electrons. The predicted octanol–water partition coefficient (Wildman–Crippen LogP) is 2.46. The van der Waals surface area contributed by atoms with Crippen molar-refractivity contribution >= 4 is 6.41 Å². The summed E-state index contributed by atoms with van der Waals surface area (Å²) in [5, 5.41) is 0. The molecule has 3 heteroatoms. The smallest absolute Gasteiger partial charge is 0.209 e. The Morgan fingerprint density at radius 1 is 1.18 bits per heavy atom. The molecule has 94 valence electrons. The summed E-state index contributed by atoms with van der Waals surface area (Å²) in [5.41, 5.74) is 1.22. The van der Waals surface area contributed by atoms with Gasteiger partial charge in [0.05, 0.1) is 6.61 Å². The number of unbranched alkanes of at least 4 members (excludes halogenated alkanes) is 2. The largest absolute Gasteiger partial charge is 0.377 e. The van der Waals surface area contributed by atoms with Crippen LogP contribution in [-0.4, -0.2) is 31.5 Å². The molecule has 1 amide bonds. The van der Waals surface area contributed by atoms with Gasteiger partial charge in [0.1, 0.15) is 0 Å². The highest BCUT2D eigenvalue weighted by Crippen LogP contribution is 2.02. The fourth-order valence-corrected chi connectivity index (χ4v) is 1.56. The molecule has 0 spiro atoms. The molecular weight excluding hydrogens is 214 g/mol. The molecule has 1 rings (SSSR count). The van der Waals surface area contributed by atoms with Crippen LogP contribution in [0.15, 0.2) is 30.3 Å². The van der Waals surface area contributed by atoms with Crippen LogP contribution in [0.3, 0.4) is 0 Å². The summed E-state index contributed by atoms with van der Waals surface area (Å²) in [6, 6.07) is 10.2. The van der Waals surface area contributed by atoms with Crippen molar-refractivity contribution < 1.29 is 9.53 Å². The van der Waals surface area contributed by atoms with Crippen molar-refractivity contribution in [2.45, 2.75) is 25.9 Å². The highest BCUT2D eigenvalue weighted by molar-refractivity contribution is 5.46. The number of carbonyl (C=O) groups is 1. The molecule has 0 aliphatic carbocycles. The third kappa shape index (κ3) is 6.74. The van der Waals surface area contributed by atoms with Crippen molar-refractivity contribution in [3.05, 3.63) is 35.9 Å². The monoisotopic (exact) mass is 235 g/mol. The molecule has 1 aromatic carbocycles. The lowest BCUT2D eigenvalue weighted by atomic mass is 10.2. The number of amides is 1. The third-order valence-corrected chi connectivity index (χ3v) is 2.59. The van der Waals surface area contributed by atoms with E-state index in [1.807, 2.05) is 18.2 Å². The second-order valence-corrected chi connectivity index (χ2v) is 4.18. The lowest BCUT2D eigenvalue weighted by Crippen LogP contribution is -2.16. The number of nitrogens with zero attached hydrogens (tertiary/aromatic N) is 1. The van der Waals surface area contributed by atoms with Crippen molar-refractivity contribution in [3.8, 4) is 0 Å². The molecule has 0 aliphatic rings. The molecule has 3 nitrogen and oxygen atoms in total. The van der Waals surface area contributed by atoms with Crippen molar-refractivity contribution in [2.75, 3.05) is 20.2 Å². The minimum absolute atomic E-state index is 0.690. The van der Waals surface area contributed by atoms with Crippen molar-refractivity contribution in [1.29, 1.82) is 0 Å².